The molecule has 0 spiro atoms. The molecule has 1 aliphatic rings. The van der Waals surface area contributed by atoms with Crippen LogP contribution < -0.4 is 9.64 Å². The Morgan fingerprint density at radius 3 is 2.08 bits per heavy atom. The Hall–Kier alpha value is -8.11. The zero-order valence-corrected chi connectivity index (χ0v) is 41.2. The average Bonchev–Trinajstić information content (AvgIpc) is 1.64. The molecule has 3 aromatic heterocycles. The van der Waals surface area contributed by atoms with Crippen molar-refractivity contribution in [1.29, 1.82) is 0 Å². The van der Waals surface area contributed by atoms with Crippen molar-refractivity contribution in [2.75, 3.05) is 4.90 Å². The fourth-order valence-electron chi connectivity index (χ4n) is 10.1. The predicted molar refractivity (Wildman–Crippen MR) is 296 cm³/mol. The van der Waals surface area contributed by atoms with Crippen molar-refractivity contribution in [3.8, 4) is 39.6 Å². The number of hydrogen-bond donors (Lipinski definition) is 0. The van der Waals surface area contributed by atoms with Crippen molar-refractivity contribution in [3.63, 3.8) is 0 Å². The summed E-state index contributed by atoms with van der Waals surface area (Å²) in [5.74, 6) is 1.34. The largest absolute Gasteiger partial charge is 0.509 e. The van der Waals surface area contributed by atoms with Gasteiger partial charge in [-0.2, -0.15) is 12.1 Å². The van der Waals surface area contributed by atoms with Crippen LogP contribution in [0, 0.1) is 32.5 Å². The van der Waals surface area contributed by atoms with Gasteiger partial charge in [0.15, 0.2) is 0 Å². The molecule has 13 rings (SSSR count). The van der Waals surface area contributed by atoms with Crippen LogP contribution in [0.4, 0.5) is 11.4 Å². The van der Waals surface area contributed by atoms with Crippen LogP contribution in [0.3, 0.4) is 0 Å². The molecule has 0 radical (unpaired) electrons. The first-order chi connectivity index (χ1) is 40.8. The van der Waals surface area contributed by atoms with Gasteiger partial charge in [0.1, 0.15) is 5.82 Å². The number of aromatic nitrogens is 3. The molecule has 0 unspecified atom stereocenters. The second kappa shape index (κ2) is 17.6. The summed E-state index contributed by atoms with van der Waals surface area (Å²) in [4.78, 5) is 6.61. The summed E-state index contributed by atoms with van der Waals surface area (Å²) < 4.78 is 147. The third-order valence-corrected chi connectivity index (χ3v) is 13.3. The molecule has 0 saturated carbocycles. The minimum absolute atomic E-state index is 0. The summed E-state index contributed by atoms with van der Waals surface area (Å²) in [5.41, 5.74) is 3.14. The number of hydrogen-bond acceptors (Lipinski definition) is 3. The summed E-state index contributed by atoms with van der Waals surface area (Å²) >= 11 is 0. The van der Waals surface area contributed by atoms with E-state index in [4.69, 9.17) is 24.8 Å². The summed E-state index contributed by atoms with van der Waals surface area (Å²) in [6.45, 7) is 2.39. The number of ether oxygens (including phenoxy) is 1. The molecule has 5 nitrogen and oxygen atoms in total. The van der Waals surface area contributed by atoms with Crippen molar-refractivity contribution in [2.24, 2.45) is 0 Å². The Balaban J connectivity index is 0.00000739. The Labute approximate surface area is 455 Å². The van der Waals surface area contributed by atoms with Gasteiger partial charge in [-0.3, -0.25) is 0 Å². The van der Waals surface area contributed by atoms with Crippen molar-refractivity contribution in [1.82, 2.24) is 14.1 Å². The maximum Gasteiger partial charge on any atom is 0.135 e. The van der Waals surface area contributed by atoms with Crippen molar-refractivity contribution < 1.29 is 46.4 Å². The molecule has 4 heterocycles. The van der Waals surface area contributed by atoms with Crippen LogP contribution in [-0.4, -0.2) is 14.1 Å². The molecular weight excluding hydrogens is 1060 g/mol. The van der Waals surface area contributed by atoms with E-state index in [1.54, 1.807) is 95.1 Å². The SMILES string of the molecule is [2H]c1c([2H])c([2H])c(-c2cccc3c4c([2H])c([2H])c([2H])c([2H])c4c4ccccc4c4c(-c5c(C([2H])([2H])[2H])cccc5C([2H])([2H])[2H])ccc5c4n(c23)[CH-]N5c2[c-]c(Oc3[c-]c4c(cc3)c3ccccc3n4-c3cc(C(C)(C)C)ccn3)ccc2)c([2H])c1[2H].[Pt]. The zero-order valence-electron chi connectivity index (χ0n) is 53.9. The molecule has 0 atom stereocenters. The molecule has 0 bridgehead atoms. The van der Waals surface area contributed by atoms with E-state index in [1.165, 1.54) is 18.2 Å². The van der Waals surface area contributed by atoms with Crippen LogP contribution in [0.2, 0.25) is 0 Å². The third-order valence-electron chi connectivity index (χ3n) is 13.3. The minimum atomic E-state index is -2.87. The van der Waals surface area contributed by atoms with Crippen molar-refractivity contribution >= 4 is 76.5 Å². The zero-order chi connectivity index (χ0) is 60.8. The van der Waals surface area contributed by atoms with Gasteiger partial charge in [-0.05, 0) is 138 Å². The molecule has 1 aliphatic heterocycles. The van der Waals surface area contributed by atoms with Crippen LogP contribution in [0.15, 0.2) is 200 Å². The number of anilines is 2. The average molecular weight is 1120 g/mol. The number of benzene rings is 9. The molecule has 0 aliphatic carbocycles. The molecule has 0 saturated heterocycles. The Morgan fingerprint density at radius 1 is 0.597 bits per heavy atom. The maximum atomic E-state index is 9.76. The van der Waals surface area contributed by atoms with Gasteiger partial charge in [-0.25, -0.2) is 4.98 Å². The van der Waals surface area contributed by atoms with Crippen LogP contribution in [0.25, 0.3) is 93.2 Å². The summed E-state index contributed by atoms with van der Waals surface area (Å²) in [6, 6.07) is 42.4. The fourth-order valence-corrected chi connectivity index (χ4v) is 10.1. The number of aryl methyl sites for hydroxylation is 2. The molecule has 6 heteroatoms. The Kier molecular flexibility index (Phi) is 7.66. The van der Waals surface area contributed by atoms with Gasteiger partial charge in [0, 0.05) is 58.2 Å². The molecule has 12 aromatic rings. The van der Waals surface area contributed by atoms with Crippen molar-refractivity contribution in [3.05, 3.63) is 236 Å². The third kappa shape index (κ3) is 7.33. The van der Waals surface area contributed by atoms with Gasteiger partial charge in [-0.1, -0.05) is 171 Å². The molecule has 352 valence electrons. The van der Waals surface area contributed by atoms with E-state index in [-0.39, 0.29) is 104 Å². The van der Waals surface area contributed by atoms with Crippen LogP contribution >= 0.6 is 0 Å². The standard InChI is InChI=1S/C66H49N4O.Pt/c1-42-18-15-19-43(2)62(42)57-34-35-59-65-63(57)55-28-12-11-25-51(55)50-24-9-10-26-52(50)56-30-17-29-49(44-20-7-6-8-21-44)64(56)69(65)41-68(59)46-22-16-23-47(39-46)71-48-32-33-54-53-27-13-14-31-58(53)70(60(54)40-48)61-38-45(36-37-67-61)66(3,4)5;/h6-38,41H,1-5H3;/q-3;/i1D3,2D3,6D,7D,8D,9D,10D,20D,21D,24D,26D;. The fraction of sp³-hybridized carbons (Fsp3) is 0.0909. The Bertz CT molecular complexity index is 4920. The topological polar surface area (TPSA) is 35.2 Å². The first kappa shape index (κ1) is 31.3. The number of pyridine rings is 1. The first-order valence-corrected chi connectivity index (χ1v) is 23.1. The first-order valence-electron chi connectivity index (χ1n) is 30.6. The number of fused-ring (bicyclic) bond motifs is 10. The molecule has 0 amide bonds. The van der Waals surface area contributed by atoms with Gasteiger partial charge in [0.05, 0.1) is 12.3 Å². The van der Waals surface area contributed by atoms with Crippen LogP contribution in [0.1, 0.15) is 58.0 Å². The van der Waals surface area contributed by atoms with E-state index in [9.17, 15) is 5.48 Å². The molecule has 72 heavy (non-hydrogen) atoms. The van der Waals surface area contributed by atoms with E-state index in [0.29, 0.717) is 28.3 Å². The summed E-state index contributed by atoms with van der Waals surface area (Å²) in [6.07, 6.45) is 1.81. The predicted octanol–water partition coefficient (Wildman–Crippen LogP) is 17.5. The normalized spacial score (nSPS) is 15.5. The molecule has 0 N–H and O–H groups in total. The molecule has 0 fully saturated rings. The van der Waals surface area contributed by atoms with E-state index in [0.717, 1.165) is 27.4 Å². The van der Waals surface area contributed by atoms with Crippen LogP contribution in [0.5, 0.6) is 11.5 Å². The van der Waals surface area contributed by atoms with Gasteiger partial charge in [0.25, 0.3) is 0 Å². The van der Waals surface area contributed by atoms with Crippen molar-refractivity contribution in [2.45, 2.75) is 39.9 Å². The molecule has 9 aromatic carbocycles. The number of para-hydroxylation sites is 2. The Morgan fingerprint density at radius 2 is 1.29 bits per heavy atom. The van der Waals surface area contributed by atoms with Crippen LogP contribution in [-0.2, 0) is 26.5 Å². The van der Waals surface area contributed by atoms with E-state index in [2.05, 4.69) is 49.6 Å². The molecular formula is C66H49N4OPt-3. The second-order valence-electron chi connectivity index (χ2n) is 18.5. The summed E-state index contributed by atoms with van der Waals surface area (Å²) in [7, 11) is 0. The van der Waals surface area contributed by atoms with Gasteiger partial charge in [0.2, 0.25) is 0 Å². The minimum Gasteiger partial charge on any atom is -0.509 e. The second-order valence-corrected chi connectivity index (χ2v) is 18.5. The van der Waals surface area contributed by atoms with E-state index >= 15 is 0 Å². The number of nitrogens with zero attached hydrogens (tertiary/aromatic N) is 4. The van der Waals surface area contributed by atoms with E-state index in [1.807, 2.05) is 36.4 Å². The quantitative estimate of drug-likeness (QED) is 0.156. The summed E-state index contributed by atoms with van der Waals surface area (Å²) in [5, 5.41) is 2.98. The maximum absolute atomic E-state index is 9.76. The van der Waals surface area contributed by atoms with E-state index < -0.39 is 68.1 Å². The smallest absolute Gasteiger partial charge is 0.135 e. The van der Waals surface area contributed by atoms with Gasteiger partial charge >= 0.3 is 0 Å². The van der Waals surface area contributed by atoms with Gasteiger partial charge < -0.3 is 18.8 Å². The van der Waals surface area contributed by atoms with Gasteiger partial charge in [-0.15, -0.1) is 35.7 Å². The monoisotopic (exact) mass is 1120 g/mol. The number of rotatable bonds is 6.